The van der Waals surface area contributed by atoms with E-state index >= 15 is 0 Å². The summed E-state index contributed by atoms with van der Waals surface area (Å²) in [5.41, 5.74) is -1.11. The molecule has 1 fully saturated rings. The summed E-state index contributed by atoms with van der Waals surface area (Å²) in [6.45, 7) is 4.38. The lowest BCUT2D eigenvalue weighted by Crippen LogP contribution is -2.37. The number of carboxylic acid groups (broad SMARTS) is 1. The number of aliphatic hydroxyl groups excluding tert-OH is 4. The third kappa shape index (κ3) is 11.5. The van der Waals surface area contributed by atoms with Crippen LogP contribution in [-0.4, -0.2) is 70.6 Å². The van der Waals surface area contributed by atoms with E-state index in [0.717, 1.165) is 12.7 Å². The molecule has 1 atom stereocenters. The van der Waals surface area contributed by atoms with Crippen LogP contribution in [0, 0.1) is 5.41 Å². The number of epoxide rings is 1. The number of hydrogen-bond acceptors (Lipinski definition) is 6. The monoisotopic (exact) mass is 266 g/mol. The molecule has 7 nitrogen and oxygen atoms in total. The van der Waals surface area contributed by atoms with Crippen molar-refractivity contribution in [2.45, 2.75) is 13.0 Å². The first-order valence-electron chi connectivity index (χ1n) is 5.31. The van der Waals surface area contributed by atoms with Crippen molar-refractivity contribution < 1.29 is 35.1 Å². The van der Waals surface area contributed by atoms with Crippen LogP contribution in [0.5, 0.6) is 0 Å². The van der Waals surface area contributed by atoms with Crippen LogP contribution in [0.25, 0.3) is 0 Å². The highest BCUT2D eigenvalue weighted by Gasteiger charge is 2.26. The normalized spacial score (nSPS) is 16.6. The average Bonchev–Trinajstić information content (AvgIpc) is 3.17. The van der Waals surface area contributed by atoms with Gasteiger partial charge in [-0.2, -0.15) is 0 Å². The van der Waals surface area contributed by atoms with Gasteiger partial charge in [0.2, 0.25) is 0 Å². The summed E-state index contributed by atoms with van der Waals surface area (Å²) in [5, 5.41) is 41.6. The molecule has 5 N–H and O–H groups in total. The smallest absolute Gasteiger partial charge is 0.327 e. The van der Waals surface area contributed by atoms with Crippen LogP contribution in [0.15, 0.2) is 12.7 Å². The predicted molar refractivity (Wildman–Crippen MR) is 64.0 cm³/mol. The Labute approximate surface area is 106 Å². The quantitative estimate of drug-likeness (QED) is 0.305. The largest absolute Gasteiger partial charge is 0.478 e. The van der Waals surface area contributed by atoms with Gasteiger partial charge in [0, 0.05) is 6.08 Å². The molecule has 7 heteroatoms. The van der Waals surface area contributed by atoms with Crippen LogP contribution in [0.4, 0.5) is 0 Å². The highest BCUT2D eigenvalue weighted by Crippen LogP contribution is 2.11. The zero-order valence-corrected chi connectivity index (χ0v) is 10.4. The average molecular weight is 266 g/mol. The molecule has 18 heavy (non-hydrogen) atoms. The number of aliphatic carboxylic acids is 1. The SMILES string of the molecule is C=CC(=O)O.CC1CO1.OCC(CO)(CO)CO. The fourth-order valence-corrected chi connectivity index (χ4v) is 0.396. The maximum absolute atomic E-state index is 9.25. The van der Waals surface area contributed by atoms with Crippen molar-refractivity contribution in [3.63, 3.8) is 0 Å². The van der Waals surface area contributed by atoms with E-state index in [4.69, 9.17) is 30.3 Å². The molecule has 0 aliphatic carbocycles. The lowest BCUT2D eigenvalue weighted by Gasteiger charge is -2.23. The van der Waals surface area contributed by atoms with Crippen LogP contribution in [-0.2, 0) is 9.53 Å². The fraction of sp³-hybridized carbons (Fsp3) is 0.727. The van der Waals surface area contributed by atoms with Crippen molar-refractivity contribution >= 4 is 5.97 Å². The van der Waals surface area contributed by atoms with Gasteiger partial charge < -0.3 is 30.3 Å². The molecule has 0 radical (unpaired) electrons. The molecule has 1 unspecified atom stereocenters. The Bertz CT molecular complexity index is 204. The highest BCUT2D eigenvalue weighted by atomic mass is 16.6. The summed E-state index contributed by atoms with van der Waals surface area (Å²) in [5.74, 6) is -0.981. The molecule has 1 aliphatic rings. The molecule has 0 aromatic rings. The Morgan fingerprint density at radius 3 is 1.50 bits per heavy atom. The van der Waals surface area contributed by atoms with Gasteiger partial charge in [0.1, 0.15) is 0 Å². The third-order valence-corrected chi connectivity index (χ3v) is 2.02. The number of carboxylic acids is 1. The molecule has 1 rings (SSSR count). The van der Waals surface area contributed by atoms with Gasteiger partial charge in [-0.1, -0.05) is 6.58 Å². The summed E-state index contributed by atoms with van der Waals surface area (Å²) in [6, 6.07) is 0. The standard InChI is InChI=1S/C5H12O4.C3H4O2.C3H6O/c6-1-5(2-7,3-8)4-9;1-2-3(4)5;1-3-2-4-3/h6-9H,1-4H2;2H,1H2,(H,4,5);3H,2H2,1H3. The number of ether oxygens (including phenoxy) is 1. The number of carbonyl (C=O) groups is 1. The van der Waals surface area contributed by atoms with Gasteiger partial charge in [0.15, 0.2) is 0 Å². The summed E-state index contributed by atoms with van der Waals surface area (Å²) >= 11 is 0. The molecule has 0 saturated carbocycles. The number of hydrogen-bond donors (Lipinski definition) is 5. The van der Waals surface area contributed by atoms with Crippen molar-refractivity contribution in [2.24, 2.45) is 5.41 Å². The lowest BCUT2D eigenvalue weighted by molar-refractivity contribution is -0.131. The molecular formula is C11H22O7. The number of aliphatic hydroxyl groups is 4. The van der Waals surface area contributed by atoms with Crippen LogP contribution < -0.4 is 0 Å². The zero-order valence-electron chi connectivity index (χ0n) is 10.4. The van der Waals surface area contributed by atoms with Crippen LogP contribution in [0.2, 0.25) is 0 Å². The second kappa shape index (κ2) is 11.1. The van der Waals surface area contributed by atoms with Gasteiger partial charge >= 0.3 is 5.97 Å². The Morgan fingerprint density at radius 1 is 1.28 bits per heavy atom. The van der Waals surface area contributed by atoms with Gasteiger partial charge in [-0.15, -0.1) is 0 Å². The van der Waals surface area contributed by atoms with Gasteiger partial charge in [0.25, 0.3) is 0 Å². The molecule has 1 heterocycles. The van der Waals surface area contributed by atoms with E-state index in [0.29, 0.717) is 6.10 Å². The van der Waals surface area contributed by atoms with E-state index in [1.807, 2.05) is 0 Å². The van der Waals surface area contributed by atoms with E-state index in [1.165, 1.54) is 0 Å². The second-order valence-corrected chi connectivity index (χ2v) is 3.82. The van der Waals surface area contributed by atoms with Crippen molar-refractivity contribution in [3.8, 4) is 0 Å². The van der Waals surface area contributed by atoms with Crippen molar-refractivity contribution in [1.82, 2.24) is 0 Å². The number of rotatable bonds is 5. The third-order valence-electron chi connectivity index (χ3n) is 2.02. The molecule has 0 amide bonds. The Balaban J connectivity index is 0. The minimum absolute atomic E-state index is 0.406. The Kier molecular flexibility index (Phi) is 12.0. The van der Waals surface area contributed by atoms with Crippen molar-refractivity contribution in [1.29, 1.82) is 0 Å². The van der Waals surface area contributed by atoms with Gasteiger partial charge in [-0.25, -0.2) is 4.79 Å². The van der Waals surface area contributed by atoms with Crippen LogP contribution >= 0.6 is 0 Å². The van der Waals surface area contributed by atoms with Crippen molar-refractivity contribution in [3.05, 3.63) is 12.7 Å². The van der Waals surface area contributed by atoms with E-state index < -0.39 is 37.8 Å². The van der Waals surface area contributed by atoms with Gasteiger partial charge in [-0.05, 0) is 6.92 Å². The molecule has 1 saturated heterocycles. The summed E-state index contributed by atoms with van der Waals surface area (Å²) < 4.78 is 4.71. The summed E-state index contributed by atoms with van der Waals surface area (Å²) in [4.78, 5) is 9.25. The van der Waals surface area contributed by atoms with Gasteiger partial charge in [0.05, 0.1) is 44.6 Å². The molecule has 0 spiro atoms. The summed E-state index contributed by atoms with van der Waals surface area (Å²) in [6.07, 6.45) is 1.42. The first kappa shape index (κ1) is 19.4. The molecule has 0 aromatic heterocycles. The zero-order chi connectivity index (χ0) is 14.6. The van der Waals surface area contributed by atoms with E-state index in [-0.39, 0.29) is 0 Å². The first-order chi connectivity index (χ1) is 8.41. The lowest BCUT2D eigenvalue weighted by atomic mass is 9.93. The molecule has 1 aliphatic heterocycles. The van der Waals surface area contributed by atoms with Crippen molar-refractivity contribution in [2.75, 3.05) is 33.0 Å². The first-order valence-corrected chi connectivity index (χ1v) is 5.31. The minimum Gasteiger partial charge on any atom is -0.478 e. The van der Waals surface area contributed by atoms with E-state index in [9.17, 15) is 4.79 Å². The predicted octanol–water partition coefficient (Wildman–Crippen LogP) is -1.40. The molecule has 108 valence electrons. The van der Waals surface area contributed by atoms with Gasteiger partial charge in [-0.3, -0.25) is 0 Å². The maximum Gasteiger partial charge on any atom is 0.327 e. The maximum atomic E-state index is 9.25. The van der Waals surface area contributed by atoms with E-state index in [2.05, 4.69) is 13.5 Å². The summed E-state index contributed by atoms with van der Waals surface area (Å²) in [7, 11) is 0. The molecule has 0 bridgehead atoms. The fourth-order valence-electron chi connectivity index (χ4n) is 0.396. The van der Waals surface area contributed by atoms with Crippen LogP contribution in [0.1, 0.15) is 6.92 Å². The Morgan fingerprint density at radius 2 is 1.50 bits per heavy atom. The molecular weight excluding hydrogens is 244 g/mol. The topological polar surface area (TPSA) is 131 Å². The van der Waals surface area contributed by atoms with Crippen LogP contribution in [0.3, 0.4) is 0 Å². The Hall–Kier alpha value is -0.990. The highest BCUT2D eigenvalue weighted by molar-refractivity contribution is 5.78. The second-order valence-electron chi connectivity index (χ2n) is 3.82. The minimum atomic E-state index is -1.11. The molecule has 0 aromatic carbocycles. The van der Waals surface area contributed by atoms with E-state index in [1.54, 1.807) is 0 Å².